The Balaban J connectivity index is 0.906. The third-order valence-electron chi connectivity index (χ3n) is 22.6. The number of anilines is 6. The molecule has 96 heavy (non-hydrogen) atoms. The number of benzene rings is 15. The summed E-state index contributed by atoms with van der Waals surface area (Å²) in [7, 11) is 0. The molecule has 442 valence electrons. The van der Waals surface area contributed by atoms with E-state index in [4.69, 9.17) is 0 Å². The zero-order valence-corrected chi connectivity index (χ0v) is 52.3. The van der Waals surface area contributed by atoms with Gasteiger partial charge in [0.15, 0.2) is 0 Å². The summed E-state index contributed by atoms with van der Waals surface area (Å²) in [6, 6.07) is 130. The van der Waals surface area contributed by atoms with Crippen LogP contribution in [0.1, 0.15) is 44.5 Å². The lowest BCUT2D eigenvalue weighted by Crippen LogP contribution is -2.63. The van der Waals surface area contributed by atoms with Gasteiger partial charge >= 0.3 is 0 Å². The van der Waals surface area contributed by atoms with Gasteiger partial charge < -0.3 is 14.4 Å². The van der Waals surface area contributed by atoms with E-state index in [2.05, 4.69) is 354 Å². The fraction of sp³-hybridized carbons (Fsp3) is 0.0217. The minimum absolute atomic E-state index is 0.258. The van der Waals surface area contributed by atoms with Crippen molar-refractivity contribution in [2.45, 2.75) is 10.8 Å². The molecular weight excluding hydrogens is 1160 g/mol. The van der Waals surface area contributed by atoms with E-state index in [0.29, 0.717) is 0 Å². The molecule has 22 rings (SSSR count). The molecule has 4 aliphatic carbocycles. The maximum Gasteiger partial charge on any atom is 0.252 e. The van der Waals surface area contributed by atoms with Crippen LogP contribution < -0.4 is 26.2 Å². The molecule has 0 radical (unpaired) electrons. The first-order chi connectivity index (χ1) is 47.7. The fourth-order valence-corrected chi connectivity index (χ4v) is 19.0. The average molecular weight is 1210 g/mol. The normalized spacial score (nSPS) is 14.4. The highest BCUT2D eigenvalue weighted by Gasteiger charge is 2.57. The number of para-hydroxylation sites is 2. The summed E-state index contributed by atoms with van der Waals surface area (Å²) in [5, 5.41) is 2.45. The summed E-state index contributed by atoms with van der Waals surface area (Å²) in [6.07, 6.45) is 0. The number of aromatic nitrogens is 1. The van der Waals surface area contributed by atoms with E-state index in [1.54, 1.807) is 0 Å². The summed E-state index contributed by atoms with van der Waals surface area (Å²) < 4.78 is 2.54. The summed E-state index contributed by atoms with van der Waals surface area (Å²) in [6.45, 7) is -0.258. The van der Waals surface area contributed by atoms with Crippen molar-refractivity contribution in [1.82, 2.24) is 4.57 Å². The molecule has 0 unspecified atom stereocenters. The van der Waals surface area contributed by atoms with Gasteiger partial charge in [0.05, 0.1) is 27.6 Å². The van der Waals surface area contributed by atoms with Gasteiger partial charge in [0.25, 0.3) is 6.71 Å². The molecule has 4 heteroatoms. The molecule has 0 fully saturated rings. The van der Waals surface area contributed by atoms with E-state index in [9.17, 15) is 0 Å². The molecule has 2 spiro atoms. The number of rotatable bonds is 5. The van der Waals surface area contributed by atoms with Gasteiger partial charge in [0, 0.05) is 44.9 Å². The molecule has 6 aliphatic rings. The Bertz CT molecular complexity index is 5880. The molecule has 0 N–H and O–H groups in total. The lowest BCUT2D eigenvalue weighted by molar-refractivity contribution is 0.793. The van der Waals surface area contributed by atoms with Crippen molar-refractivity contribution >= 4 is 79.0 Å². The first-order valence-corrected chi connectivity index (χ1v) is 33.7. The van der Waals surface area contributed by atoms with Crippen LogP contribution in [-0.4, -0.2) is 11.3 Å². The highest BCUT2D eigenvalue weighted by molar-refractivity contribution is 7.01. The topological polar surface area (TPSA) is 11.4 Å². The molecule has 0 amide bonds. The molecule has 0 saturated carbocycles. The second-order valence-electron chi connectivity index (χ2n) is 26.8. The minimum atomic E-state index is -0.653. The molecule has 3 heterocycles. The van der Waals surface area contributed by atoms with E-state index in [1.807, 2.05) is 0 Å². The lowest BCUT2D eigenvalue weighted by Gasteiger charge is -2.46. The second kappa shape index (κ2) is 19.2. The van der Waals surface area contributed by atoms with Gasteiger partial charge in [-0.05, 0) is 188 Å². The maximum absolute atomic E-state index is 2.68. The van der Waals surface area contributed by atoms with Gasteiger partial charge in [-0.1, -0.05) is 279 Å². The first kappa shape index (κ1) is 52.3. The number of hydrogen-bond donors (Lipinski definition) is 0. The molecule has 1 aromatic heterocycles. The maximum atomic E-state index is 2.68. The van der Waals surface area contributed by atoms with Gasteiger partial charge in [-0.25, -0.2) is 0 Å². The Hall–Kier alpha value is -12.2. The number of nitrogens with zero attached hydrogens (tertiary/aromatic N) is 3. The van der Waals surface area contributed by atoms with Crippen LogP contribution in [0, 0.1) is 0 Å². The summed E-state index contributed by atoms with van der Waals surface area (Å²) in [5.74, 6) is 0. The van der Waals surface area contributed by atoms with Gasteiger partial charge in [0.1, 0.15) is 0 Å². The first-order valence-electron chi connectivity index (χ1n) is 33.7. The Morgan fingerprint density at radius 2 is 0.615 bits per heavy atom. The Kier molecular flexibility index (Phi) is 10.5. The molecule has 0 saturated heterocycles. The van der Waals surface area contributed by atoms with E-state index in [0.717, 1.165) is 34.1 Å². The predicted octanol–water partition coefficient (Wildman–Crippen LogP) is 20.9. The largest absolute Gasteiger partial charge is 0.311 e. The predicted molar refractivity (Wildman–Crippen MR) is 398 cm³/mol. The lowest BCUT2D eigenvalue weighted by atomic mass is 9.32. The van der Waals surface area contributed by atoms with Crippen LogP contribution in [-0.2, 0) is 10.8 Å². The average Bonchev–Trinajstić information content (AvgIpc) is 1.45. The Morgan fingerprint density at radius 1 is 0.229 bits per heavy atom. The van der Waals surface area contributed by atoms with Crippen molar-refractivity contribution in [3.05, 3.63) is 384 Å². The van der Waals surface area contributed by atoms with Gasteiger partial charge in [-0.15, -0.1) is 0 Å². The molecule has 2 aliphatic heterocycles. The van der Waals surface area contributed by atoms with Gasteiger partial charge in [-0.3, -0.25) is 0 Å². The highest BCUT2D eigenvalue weighted by Crippen LogP contribution is 2.66. The number of fused-ring (bicyclic) bond motifs is 28. The fourth-order valence-electron chi connectivity index (χ4n) is 19.0. The highest BCUT2D eigenvalue weighted by atomic mass is 15.2. The van der Waals surface area contributed by atoms with Crippen LogP contribution in [0.5, 0.6) is 0 Å². The van der Waals surface area contributed by atoms with E-state index in [1.165, 1.54) is 155 Å². The van der Waals surface area contributed by atoms with Gasteiger partial charge in [0.2, 0.25) is 0 Å². The van der Waals surface area contributed by atoms with Gasteiger partial charge in [-0.2, -0.15) is 0 Å². The molecule has 3 nitrogen and oxygen atoms in total. The smallest absolute Gasteiger partial charge is 0.252 e. The zero-order valence-electron chi connectivity index (χ0n) is 52.3. The van der Waals surface area contributed by atoms with Crippen LogP contribution >= 0.6 is 0 Å². The van der Waals surface area contributed by atoms with Crippen molar-refractivity contribution in [3.8, 4) is 72.4 Å². The van der Waals surface area contributed by atoms with Crippen LogP contribution in [0.3, 0.4) is 0 Å². The Morgan fingerprint density at radius 3 is 1.15 bits per heavy atom. The van der Waals surface area contributed by atoms with Crippen LogP contribution in [0.15, 0.2) is 340 Å². The molecule has 16 aromatic rings. The van der Waals surface area contributed by atoms with E-state index < -0.39 is 10.8 Å². The molecule has 15 aromatic carbocycles. The second-order valence-corrected chi connectivity index (χ2v) is 26.8. The van der Waals surface area contributed by atoms with Crippen molar-refractivity contribution in [2.24, 2.45) is 0 Å². The van der Waals surface area contributed by atoms with Crippen molar-refractivity contribution in [1.29, 1.82) is 0 Å². The molecule has 0 atom stereocenters. The van der Waals surface area contributed by atoms with E-state index >= 15 is 0 Å². The molecule has 0 bridgehead atoms. The minimum Gasteiger partial charge on any atom is -0.311 e. The van der Waals surface area contributed by atoms with Crippen LogP contribution in [0.2, 0.25) is 0 Å². The third kappa shape index (κ3) is 6.58. The third-order valence-corrected chi connectivity index (χ3v) is 22.6. The summed E-state index contributed by atoms with van der Waals surface area (Å²) in [4.78, 5) is 5.33. The van der Waals surface area contributed by atoms with E-state index in [-0.39, 0.29) is 6.71 Å². The monoisotopic (exact) mass is 1210 g/mol. The number of hydrogen-bond acceptors (Lipinski definition) is 2. The summed E-state index contributed by atoms with van der Waals surface area (Å²) >= 11 is 0. The van der Waals surface area contributed by atoms with Crippen molar-refractivity contribution in [2.75, 3.05) is 9.80 Å². The van der Waals surface area contributed by atoms with Crippen LogP contribution in [0.25, 0.3) is 94.3 Å². The van der Waals surface area contributed by atoms with Crippen molar-refractivity contribution < 1.29 is 0 Å². The Labute approximate surface area is 557 Å². The quantitative estimate of drug-likeness (QED) is 0.159. The SMILES string of the molecule is c1ccc(-c2ccc(N3c4cc(-n5c6ccccc6c6ccccc65)cc5c4B(c4cc(-c6ccccc6)ccc4N5c4ccc5c(c4)C4(c6ccccc6-c6ccccc64)c4ccccc4-5)c4c3ccc3c4C4(c5ccccc5-c5ccccc54)c4ccccc4-3)cc2)cc1. The van der Waals surface area contributed by atoms with Crippen LogP contribution in [0.4, 0.5) is 34.1 Å². The molecular formula is C92H56BN3. The zero-order chi connectivity index (χ0) is 62.5. The summed E-state index contributed by atoms with van der Waals surface area (Å²) in [5.41, 5.74) is 38.6. The standard InChI is InChI=1S/C92H56BN3/c1-3-23-57(24-4-1)59-43-46-61(47-44-59)94-85-52-50-73-69-32-12-20-40-79(69)92(77-38-18-10-29-66(77)67-30-11-19-39-78(67)92)88(73)90(85)93-81-53-60(58-25-5-2-6-26-58)45-51-84(81)95(87-56-63(55-86(94)89(87)93)96-82-41-21-13-33-71(82)72-34-14-22-42-83(72)96)62-48-49-70-68-31-9-17-37-76(68)91(80(70)54-62)74-35-15-7-27-64(74)65-28-8-16-36-75(65)91/h1-56H. The van der Waals surface area contributed by atoms with Crippen molar-refractivity contribution in [3.63, 3.8) is 0 Å².